The summed E-state index contributed by atoms with van der Waals surface area (Å²) in [5, 5.41) is 2.81. The fraction of sp³-hybridized carbons (Fsp3) is 0.600. The van der Waals surface area contributed by atoms with Gasteiger partial charge in [-0.2, -0.15) is 0 Å². The molecule has 0 saturated heterocycles. The molecule has 0 radical (unpaired) electrons. The van der Waals surface area contributed by atoms with Crippen molar-refractivity contribution >= 4 is 5.91 Å². The first kappa shape index (κ1) is 10.2. The molecule has 1 amide bonds. The minimum Gasteiger partial charge on any atom is -0.446 e. The third-order valence-corrected chi connectivity index (χ3v) is 2.39. The van der Waals surface area contributed by atoms with Crippen LogP contribution in [0.25, 0.3) is 0 Å². The van der Waals surface area contributed by atoms with Gasteiger partial charge in [0.05, 0.1) is 6.04 Å². The Morgan fingerprint density at radius 3 is 3.07 bits per heavy atom. The number of hydrogen-bond donors (Lipinski definition) is 2. The molecule has 5 nitrogen and oxygen atoms in total. The summed E-state index contributed by atoms with van der Waals surface area (Å²) in [5.41, 5.74) is 5.88. The van der Waals surface area contributed by atoms with E-state index in [1.807, 2.05) is 0 Å². The summed E-state index contributed by atoms with van der Waals surface area (Å²) < 4.78 is 5.07. The molecule has 2 rings (SSSR count). The highest BCUT2D eigenvalue weighted by Crippen LogP contribution is 2.27. The Morgan fingerprint density at radius 2 is 2.53 bits per heavy atom. The highest BCUT2D eigenvalue weighted by Gasteiger charge is 2.22. The predicted molar refractivity (Wildman–Crippen MR) is 54.2 cm³/mol. The molecule has 3 N–H and O–H groups in total. The number of nitrogens with two attached hydrogens (primary N) is 1. The zero-order valence-corrected chi connectivity index (χ0v) is 8.69. The number of rotatable bonds is 4. The molecule has 1 atom stereocenters. The van der Waals surface area contributed by atoms with E-state index in [0.717, 1.165) is 6.54 Å². The lowest BCUT2D eigenvalue weighted by molar-refractivity contribution is 0.0947. The van der Waals surface area contributed by atoms with E-state index in [0.29, 0.717) is 17.5 Å². The lowest BCUT2D eigenvalue weighted by atomic mass is 10.3. The molecule has 0 spiro atoms. The minimum absolute atomic E-state index is 0.183. The van der Waals surface area contributed by atoms with Crippen LogP contribution in [0.1, 0.15) is 42.2 Å². The van der Waals surface area contributed by atoms with Gasteiger partial charge in [-0.05, 0) is 25.7 Å². The van der Waals surface area contributed by atoms with Crippen LogP contribution in [0.4, 0.5) is 0 Å². The third-order valence-electron chi connectivity index (χ3n) is 2.39. The first-order chi connectivity index (χ1) is 7.16. The van der Waals surface area contributed by atoms with E-state index < -0.39 is 0 Å². The van der Waals surface area contributed by atoms with Crippen LogP contribution in [-0.2, 0) is 0 Å². The van der Waals surface area contributed by atoms with E-state index in [-0.39, 0.29) is 11.9 Å². The summed E-state index contributed by atoms with van der Waals surface area (Å²) in [6, 6.07) is -0.282. The molecule has 0 aliphatic heterocycles. The third kappa shape index (κ3) is 2.56. The van der Waals surface area contributed by atoms with Crippen LogP contribution in [0.2, 0.25) is 0 Å². The number of hydrogen-bond acceptors (Lipinski definition) is 4. The quantitative estimate of drug-likeness (QED) is 0.769. The average molecular weight is 209 g/mol. The average Bonchev–Trinajstić information content (AvgIpc) is 2.88. The molecule has 1 heterocycles. The van der Waals surface area contributed by atoms with E-state index in [1.54, 1.807) is 6.92 Å². The van der Waals surface area contributed by atoms with Gasteiger partial charge in [-0.1, -0.05) is 0 Å². The standard InChI is InChI=1S/C10H15N3O2/c1-6(11)10-13-8(5-15-10)9(14)12-4-7-2-3-7/h5-7H,2-4,11H2,1H3,(H,12,14). The van der Waals surface area contributed by atoms with Crippen LogP contribution in [0.5, 0.6) is 0 Å². The summed E-state index contributed by atoms with van der Waals surface area (Å²) in [7, 11) is 0. The van der Waals surface area contributed by atoms with Gasteiger partial charge in [0.1, 0.15) is 6.26 Å². The monoisotopic (exact) mass is 209 g/mol. The van der Waals surface area contributed by atoms with E-state index in [1.165, 1.54) is 19.1 Å². The normalized spacial score (nSPS) is 17.5. The maximum absolute atomic E-state index is 11.5. The topological polar surface area (TPSA) is 81.1 Å². The first-order valence-corrected chi connectivity index (χ1v) is 5.16. The van der Waals surface area contributed by atoms with Gasteiger partial charge in [0, 0.05) is 6.54 Å². The Morgan fingerprint density at radius 1 is 1.80 bits per heavy atom. The molecule has 0 aromatic carbocycles. The van der Waals surface area contributed by atoms with Crippen molar-refractivity contribution in [1.82, 2.24) is 10.3 Å². The van der Waals surface area contributed by atoms with Crippen molar-refractivity contribution in [2.24, 2.45) is 11.7 Å². The van der Waals surface area contributed by atoms with Gasteiger partial charge in [-0.15, -0.1) is 0 Å². The van der Waals surface area contributed by atoms with E-state index in [9.17, 15) is 4.79 Å². The Labute approximate surface area is 88.0 Å². The van der Waals surface area contributed by atoms with Gasteiger partial charge >= 0.3 is 0 Å². The van der Waals surface area contributed by atoms with Gasteiger partial charge in [0.15, 0.2) is 5.69 Å². The molecule has 82 valence electrons. The molecular formula is C10H15N3O2. The van der Waals surface area contributed by atoms with Crippen molar-refractivity contribution in [3.63, 3.8) is 0 Å². The summed E-state index contributed by atoms with van der Waals surface area (Å²) in [4.78, 5) is 15.5. The second-order valence-electron chi connectivity index (χ2n) is 4.01. The maximum Gasteiger partial charge on any atom is 0.273 e. The van der Waals surface area contributed by atoms with Crippen molar-refractivity contribution in [3.8, 4) is 0 Å². The Bertz CT molecular complexity index is 355. The number of nitrogens with zero attached hydrogens (tertiary/aromatic N) is 1. The molecule has 1 aliphatic rings. The fourth-order valence-electron chi connectivity index (χ4n) is 1.25. The lowest BCUT2D eigenvalue weighted by Crippen LogP contribution is -2.25. The molecule has 1 fully saturated rings. The highest BCUT2D eigenvalue weighted by atomic mass is 16.3. The van der Waals surface area contributed by atoms with Crippen LogP contribution in [0.3, 0.4) is 0 Å². The van der Waals surface area contributed by atoms with Crippen molar-refractivity contribution in [2.75, 3.05) is 6.54 Å². The SMILES string of the molecule is CC(N)c1nc(C(=O)NCC2CC2)co1. The summed E-state index contributed by atoms with van der Waals surface area (Å²) in [5.74, 6) is 0.873. The molecule has 1 aromatic rings. The van der Waals surface area contributed by atoms with Crippen LogP contribution < -0.4 is 11.1 Å². The number of amides is 1. The van der Waals surface area contributed by atoms with Crippen molar-refractivity contribution in [3.05, 3.63) is 17.8 Å². The van der Waals surface area contributed by atoms with E-state index in [4.69, 9.17) is 10.2 Å². The van der Waals surface area contributed by atoms with Crippen LogP contribution in [0, 0.1) is 5.92 Å². The maximum atomic E-state index is 11.5. The highest BCUT2D eigenvalue weighted by molar-refractivity contribution is 5.91. The summed E-state index contributed by atoms with van der Waals surface area (Å²) >= 11 is 0. The second kappa shape index (κ2) is 4.02. The van der Waals surface area contributed by atoms with E-state index in [2.05, 4.69) is 10.3 Å². The van der Waals surface area contributed by atoms with Gasteiger partial charge in [0.25, 0.3) is 5.91 Å². The second-order valence-corrected chi connectivity index (χ2v) is 4.01. The summed E-state index contributed by atoms with van der Waals surface area (Å²) in [6.07, 6.45) is 3.77. The lowest BCUT2D eigenvalue weighted by Gasteiger charge is -1.99. The van der Waals surface area contributed by atoms with Crippen LogP contribution >= 0.6 is 0 Å². The first-order valence-electron chi connectivity index (χ1n) is 5.16. The number of carbonyl (C=O) groups excluding carboxylic acids is 1. The Hall–Kier alpha value is -1.36. The van der Waals surface area contributed by atoms with Gasteiger partial charge in [0.2, 0.25) is 5.89 Å². The van der Waals surface area contributed by atoms with E-state index >= 15 is 0 Å². The van der Waals surface area contributed by atoms with Gasteiger partial charge in [-0.25, -0.2) is 4.98 Å². The molecule has 1 aliphatic carbocycles. The van der Waals surface area contributed by atoms with Crippen molar-refractivity contribution in [1.29, 1.82) is 0 Å². The number of aromatic nitrogens is 1. The largest absolute Gasteiger partial charge is 0.446 e. The van der Waals surface area contributed by atoms with Crippen molar-refractivity contribution < 1.29 is 9.21 Å². The fourth-order valence-corrected chi connectivity index (χ4v) is 1.25. The number of nitrogens with one attached hydrogen (secondary N) is 1. The smallest absolute Gasteiger partial charge is 0.273 e. The number of carbonyl (C=O) groups is 1. The predicted octanol–water partition coefficient (Wildman–Crippen LogP) is 0.834. The molecule has 1 unspecified atom stereocenters. The molecule has 0 bridgehead atoms. The molecule has 1 aromatic heterocycles. The zero-order chi connectivity index (χ0) is 10.8. The molecule has 15 heavy (non-hydrogen) atoms. The molecular weight excluding hydrogens is 194 g/mol. The summed E-state index contributed by atoms with van der Waals surface area (Å²) in [6.45, 7) is 2.50. The van der Waals surface area contributed by atoms with Crippen molar-refractivity contribution in [2.45, 2.75) is 25.8 Å². The van der Waals surface area contributed by atoms with Crippen LogP contribution in [0.15, 0.2) is 10.7 Å². The Kier molecular flexibility index (Phi) is 2.73. The molecule has 5 heteroatoms. The molecule has 1 saturated carbocycles. The Balaban J connectivity index is 1.92. The van der Waals surface area contributed by atoms with Gasteiger partial charge in [-0.3, -0.25) is 4.79 Å². The zero-order valence-electron chi connectivity index (χ0n) is 8.69. The van der Waals surface area contributed by atoms with Gasteiger partial charge < -0.3 is 15.5 Å². The van der Waals surface area contributed by atoms with Crippen LogP contribution in [-0.4, -0.2) is 17.4 Å². The minimum atomic E-state index is -0.282. The number of oxazole rings is 1.